The molecule has 3 N–H and O–H groups in total. The van der Waals surface area contributed by atoms with Crippen molar-refractivity contribution in [3.8, 4) is 17.0 Å². The number of nitrogens with zero attached hydrogens (tertiary/aromatic N) is 2. The number of fused-ring (bicyclic) bond motifs is 1. The maximum Gasteiger partial charge on any atom is 0.136 e. The van der Waals surface area contributed by atoms with Gasteiger partial charge in [0.1, 0.15) is 11.6 Å². The molecular weight excluding hydrogens is 368 g/mol. The van der Waals surface area contributed by atoms with E-state index in [2.05, 4.69) is 26.2 Å². The average Bonchev–Trinajstić information content (AvgIpc) is 2.61. The molecule has 0 saturated carbocycles. The Labute approximate surface area is 149 Å². The Morgan fingerprint density at radius 2 is 2.12 bits per heavy atom. The highest BCUT2D eigenvalue weighted by Gasteiger charge is 2.10. The molecule has 24 heavy (non-hydrogen) atoms. The molecular formula is C18H19BrN4O. The first-order chi connectivity index (χ1) is 11.7. The van der Waals surface area contributed by atoms with Gasteiger partial charge in [-0.2, -0.15) is 0 Å². The molecule has 0 radical (unpaired) electrons. The molecule has 0 saturated heterocycles. The smallest absolute Gasteiger partial charge is 0.136 e. The van der Waals surface area contributed by atoms with Gasteiger partial charge in [0.15, 0.2) is 0 Å². The number of aromatic nitrogens is 2. The Bertz CT molecular complexity index is 854. The van der Waals surface area contributed by atoms with Crippen LogP contribution in [0.25, 0.3) is 22.2 Å². The van der Waals surface area contributed by atoms with E-state index in [4.69, 9.17) is 15.5 Å². The van der Waals surface area contributed by atoms with Gasteiger partial charge in [-0.25, -0.2) is 4.98 Å². The zero-order valence-electron chi connectivity index (χ0n) is 13.4. The van der Waals surface area contributed by atoms with E-state index in [1.54, 1.807) is 13.3 Å². The number of hydrogen-bond donors (Lipinski definition) is 2. The number of methoxy groups -OCH3 is 1. The largest absolute Gasteiger partial charge is 0.496 e. The van der Waals surface area contributed by atoms with Crippen molar-refractivity contribution in [2.24, 2.45) is 5.73 Å². The number of benzene rings is 1. The van der Waals surface area contributed by atoms with E-state index in [9.17, 15) is 0 Å². The summed E-state index contributed by atoms with van der Waals surface area (Å²) in [7, 11) is 1.65. The number of nitrogens with two attached hydrogens (primary N) is 1. The predicted octanol–water partition coefficient (Wildman–Crippen LogP) is 3.83. The summed E-state index contributed by atoms with van der Waals surface area (Å²) in [5.41, 5.74) is 8.35. The Balaban J connectivity index is 2.06. The van der Waals surface area contributed by atoms with Crippen molar-refractivity contribution < 1.29 is 4.74 Å². The van der Waals surface area contributed by atoms with Crippen LogP contribution < -0.4 is 15.8 Å². The summed E-state index contributed by atoms with van der Waals surface area (Å²) in [6.45, 7) is 1.43. The van der Waals surface area contributed by atoms with Crippen LogP contribution in [-0.2, 0) is 0 Å². The van der Waals surface area contributed by atoms with E-state index in [1.807, 2.05) is 36.4 Å². The fourth-order valence-corrected chi connectivity index (χ4v) is 3.03. The van der Waals surface area contributed by atoms with Gasteiger partial charge in [0.25, 0.3) is 0 Å². The molecule has 3 rings (SSSR count). The van der Waals surface area contributed by atoms with Gasteiger partial charge >= 0.3 is 0 Å². The summed E-state index contributed by atoms with van der Waals surface area (Å²) in [4.78, 5) is 9.26. The van der Waals surface area contributed by atoms with Gasteiger partial charge in [0, 0.05) is 23.7 Å². The molecule has 0 spiro atoms. The second-order valence-electron chi connectivity index (χ2n) is 5.34. The summed E-state index contributed by atoms with van der Waals surface area (Å²) in [5.74, 6) is 1.62. The summed E-state index contributed by atoms with van der Waals surface area (Å²) < 4.78 is 6.18. The van der Waals surface area contributed by atoms with Crippen molar-refractivity contribution in [3.05, 3.63) is 47.1 Å². The van der Waals surface area contributed by atoms with E-state index >= 15 is 0 Å². The van der Waals surface area contributed by atoms with E-state index < -0.39 is 0 Å². The molecule has 0 aliphatic rings. The van der Waals surface area contributed by atoms with Gasteiger partial charge in [-0.15, -0.1) is 0 Å². The molecule has 0 bridgehead atoms. The van der Waals surface area contributed by atoms with E-state index in [1.165, 1.54) is 0 Å². The number of halogens is 1. The minimum atomic E-state index is 0.647. The fourth-order valence-electron chi connectivity index (χ4n) is 2.49. The van der Waals surface area contributed by atoms with Gasteiger partial charge in [0.05, 0.1) is 22.8 Å². The zero-order chi connectivity index (χ0) is 16.9. The number of nitrogens with one attached hydrogen (secondary N) is 1. The van der Waals surface area contributed by atoms with E-state index in [0.717, 1.165) is 51.2 Å². The highest BCUT2D eigenvalue weighted by Crippen LogP contribution is 2.32. The standard InChI is InChI=1S/C18H19BrN4O/c1-24-17-6-5-12(10-14(17)19)15-11-16-13(4-2-8-21-16)18(23-15)22-9-3-7-20/h2,4-6,8,10-11H,3,7,9,20H2,1H3,(H,22,23). The summed E-state index contributed by atoms with van der Waals surface area (Å²) in [6, 6.07) is 11.8. The van der Waals surface area contributed by atoms with Crippen molar-refractivity contribution in [1.29, 1.82) is 0 Å². The van der Waals surface area contributed by atoms with Crippen molar-refractivity contribution in [2.45, 2.75) is 6.42 Å². The van der Waals surface area contributed by atoms with Gasteiger partial charge in [0.2, 0.25) is 0 Å². The van der Waals surface area contributed by atoms with Crippen molar-refractivity contribution in [2.75, 3.05) is 25.5 Å². The maximum absolute atomic E-state index is 5.58. The van der Waals surface area contributed by atoms with Crippen LogP contribution in [0.15, 0.2) is 47.1 Å². The third kappa shape index (κ3) is 3.49. The first-order valence-corrected chi connectivity index (χ1v) is 8.56. The molecule has 1 aromatic carbocycles. The van der Waals surface area contributed by atoms with Crippen LogP contribution in [0.1, 0.15) is 6.42 Å². The minimum absolute atomic E-state index is 0.647. The van der Waals surface area contributed by atoms with Crippen LogP contribution in [0.3, 0.4) is 0 Å². The highest BCUT2D eigenvalue weighted by atomic mass is 79.9. The molecule has 2 aromatic heterocycles. The van der Waals surface area contributed by atoms with Crippen molar-refractivity contribution >= 4 is 32.7 Å². The zero-order valence-corrected chi connectivity index (χ0v) is 15.0. The molecule has 0 unspecified atom stereocenters. The lowest BCUT2D eigenvalue weighted by molar-refractivity contribution is 0.412. The van der Waals surface area contributed by atoms with Crippen LogP contribution in [-0.4, -0.2) is 30.2 Å². The monoisotopic (exact) mass is 386 g/mol. The number of pyridine rings is 2. The van der Waals surface area contributed by atoms with Crippen LogP contribution in [0.2, 0.25) is 0 Å². The Kier molecular flexibility index (Phi) is 5.27. The molecule has 124 valence electrons. The predicted molar refractivity (Wildman–Crippen MR) is 101 cm³/mol. The first kappa shape index (κ1) is 16.7. The Morgan fingerprint density at radius 3 is 2.88 bits per heavy atom. The van der Waals surface area contributed by atoms with Crippen molar-refractivity contribution in [3.63, 3.8) is 0 Å². The fraction of sp³-hybridized carbons (Fsp3) is 0.222. The molecule has 0 amide bonds. The molecule has 3 aromatic rings. The second-order valence-corrected chi connectivity index (χ2v) is 6.20. The van der Waals surface area contributed by atoms with E-state index in [-0.39, 0.29) is 0 Å². The molecule has 6 heteroatoms. The lowest BCUT2D eigenvalue weighted by atomic mass is 10.1. The molecule has 0 fully saturated rings. The first-order valence-electron chi connectivity index (χ1n) is 7.76. The maximum atomic E-state index is 5.58. The molecule has 0 atom stereocenters. The molecule has 0 aliphatic heterocycles. The van der Waals surface area contributed by atoms with Crippen LogP contribution in [0.5, 0.6) is 5.75 Å². The number of hydrogen-bond acceptors (Lipinski definition) is 5. The summed E-state index contributed by atoms with van der Waals surface area (Å²) in [6.07, 6.45) is 2.68. The average molecular weight is 387 g/mol. The van der Waals surface area contributed by atoms with Crippen LogP contribution in [0.4, 0.5) is 5.82 Å². The lowest BCUT2D eigenvalue weighted by Gasteiger charge is -2.12. The number of rotatable bonds is 6. The van der Waals surface area contributed by atoms with Gasteiger partial charge in [-0.1, -0.05) is 0 Å². The third-order valence-corrected chi connectivity index (χ3v) is 4.34. The van der Waals surface area contributed by atoms with Gasteiger partial charge in [-0.3, -0.25) is 4.98 Å². The molecule has 2 heterocycles. The van der Waals surface area contributed by atoms with Crippen LogP contribution >= 0.6 is 15.9 Å². The Morgan fingerprint density at radius 1 is 1.25 bits per heavy atom. The third-order valence-electron chi connectivity index (χ3n) is 3.72. The second kappa shape index (κ2) is 7.59. The van der Waals surface area contributed by atoms with Gasteiger partial charge in [-0.05, 0) is 65.3 Å². The lowest BCUT2D eigenvalue weighted by Crippen LogP contribution is -2.10. The number of anilines is 1. The SMILES string of the molecule is COc1ccc(-c2cc3ncccc3c(NCCCN)n2)cc1Br. The van der Waals surface area contributed by atoms with E-state index in [0.29, 0.717) is 6.54 Å². The van der Waals surface area contributed by atoms with Gasteiger partial charge < -0.3 is 15.8 Å². The topological polar surface area (TPSA) is 73.1 Å². The highest BCUT2D eigenvalue weighted by molar-refractivity contribution is 9.10. The summed E-state index contributed by atoms with van der Waals surface area (Å²) >= 11 is 3.53. The number of ether oxygens (including phenoxy) is 1. The van der Waals surface area contributed by atoms with Crippen molar-refractivity contribution in [1.82, 2.24) is 9.97 Å². The minimum Gasteiger partial charge on any atom is -0.496 e. The quantitative estimate of drug-likeness (QED) is 0.629. The normalized spacial score (nSPS) is 10.8. The van der Waals surface area contributed by atoms with Crippen LogP contribution in [0, 0.1) is 0 Å². The summed E-state index contributed by atoms with van der Waals surface area (Å²) in [5, 5.41) is 4.37. The molecule has 5 nitrogen and oxygen atoms in total. The molecule has 0 aliphatic carbocycles. The Hall–Kier alpha value is -2.18.